The summed E-state index contributed by atoms with van der Waals surface area (Å²) in [4.78, 5) is 21.5. The summed E-state index contributed by atoms with van der Waals surface area (Å²) in [5, 5.41) is 5.73. The number of amides is 1. The van der Waals surface area contributed by atoms with Gasteiger partial charge in [0.25, 0.3) is 5.91 Å². The number of piperazine rings is 1. The van der Waals surface area contributed by atoms with Crippen LogP contribution in [0.2, 0.25) is 0 Å². The molecule has 154 valence electrons. The lowest BCUT2D eigenvalue weighted by Gasteiger charge is -2.32. The Morgan fingerprint density at radius 3 is 2.62 bits per heavy atom. The number of carbonyl (C=O) groups is 1. The van der Waals surface area contributed by atoms with E-state index in [1.165, 1.54) is 11.3 Å². The van der Waals surface area contributed by atoms with Crippen LogP contribution in [-0.2, 0) is 0 Å². The number of likely N-dealkylation sites (N-methyl/N-ethyl adjacent to an activating group) is 1. The number of thiophene rings is 1. The summed E-state index contributed by atoms with van der Waals surface area (Å²) >= 11 is 1.53. The summed E-state index contributed by atoms with van der Waals surface area (Å²) in [6.07, 6.45) is 1.01. The number of hydrogen-bond acceptors (Lipinski definition) is 5. The van der Waals surface area contributed by atoms with Crippen LogP contribution in [-0.4, -0.2) is 83.8 Å². The molecule has 0 bridgehead atoms. The van der Waals surface area contributed by atoms with E-state index in [0.29, 0.717) is 0 Å². The number of aromatic nitrogens is 2. The predicted octanol–water partition coefficient (Wildman–Crippen LogP) is 3.10. The Labute approximate surface area is 176 Å². The molecule has 1 amide bonds. The number of carbonyl (C=O) groups excluding carboxylic acids is 1. The van der Waals surface area contributed by atoms with E-state index in [1.54, 1.807) is 0 Å². The minimum Gasteiger partial charge on any atom is -0.341 e. The fraction of sp³-hybridized carbons (Fsp3) is 0.455. The molecular weight excluding hydrogens is 382 g/mol. The Balaban J connectivity index is 1.42. The average molecular weight is 412 g/mol. The first kappa shape index (κ1) is 20.1. The van der Waals surface area contributed by atoms with Crippen molar-refractivity contribution in [3.05, 3.63) is 47.0 Å². The van der Waals surface area contributed by atoms with Crippen molar-refractivity contribution in [1.82, 2.24) is 24.5 Å². The second-order valence-corrected chi connectivity index (χ2v) is 8.92. The Morgan fingerprint density at radius 1 is 1.17 bits per heavy atom. The first-order valence-electron chi connectivity index (χ1n) is 10.2. The molecule has 3 heterocycles. The van der Waals surface area contributed by atoms with E-state index in [4.69, 9.17) is 0 Å². The van der Waals surface area contributed by atoms with E-state index in [2.05, 4.69) is 21.9 Å². The number of fused-ring (bicyclic) bond motifs is 1. The quantitative estimate of drug-likeness (QED) is 0.625. The maximum absolute atomic E-state index is 13.0. The van der Waals surface area contributed by atoms with Gasteiger partial charge in [0, 0.05) is 45.2 Å². The van der Waals surface area contributed by atoms with Gasteiger partial charge in [0.15, 0.2) is 0 Å². The lowest BCUT2D eigenvalue weighted by molar-refractivity contribution is 0.0788. The van der Waals surface area contributed by atoms with Crippen molar-refractivity contribution >= 4 is 27.5 Å². The number of rotatable bonds is 6. The zero-order valence-electron chi connectivity index (χ0n) is 17.5. The van der Waals surface area contributed by atoms with Gasteiger partial charge in [0.2, 0.25) is 0 Å². The highest BCUT2D eigenvalue weighted by molar-refractivity contribution is 7.20. The lowest BCUT2D eigenvalue weighted by Crippen LogP contribution is -2.45. The number of nitrogens with zero attached hydrogens (tertiary/aromatic N) is 5. The van der Waals surface area contributed by atoms with Crippen LogP contribution in [0.15, 0.2) is 36.4 Å². The Bertz CT molecular complexity index is 972. The van der Waals surface area contributed by atoms with Crippen LogP contribution >= 0.6 is 11.3 Å². The number of aryl methyl sites for hydroxylation is 1. The molecule has 0 atom stereocenters. The number of benzene rings is 1. The van der Waals surface area contributed by atoms with Crippen molar-refractivity contribution in [2.45, 2.75) is 13.3 Å². The smallest absolute Gasteiger partial charge is 0.263 e. The van der Waals surface area contributed by atoms with Gasteiger partial charge in [0.1, 0.15) is 4.83 Å². The minimum atomic E-state index is 0.101. The average Bonchev–Trinajstić information content (AvgIpc) is 3.30. The van der Waals surface area contributed by atoms with Crippen LogP contribution in [0.4, 0.5) is 0 Å². The second kappa shape index (κ2) is 8.65. The van der Waals surface area contributed by atoms with E-state index in [0.717, 1.165) is 72.2 Å². The molecule has 29 heavy (non-hydrogen) atoms. The molecule has 1 aliphatic heterocycles. The molecule has 0 aliphatic carbocycles. The third kappa shape index (κ3) is 4.37. The van der Waals surface area contributed by atoms with Gasteiger partial charge in [-0.05, 0) is 45.1 Å². The fourth-order valence-corrected chi connectivity index (χ4v) is 4.97. The molecule has 3 aromatic rings. The molecule has 4 rings (SSSR count). The van der Waals surface area contributed by atoms with Crippen LogP contribution in [0.1, 0.15) is 21.8 Å². The van der Waals surface area contributed by atoms with E-state index >= 15 is 0 Å². The highest BCUT2D eigenvalue weighted by Gasteiger charge is 2.20. The summed E-state index contributed by atoms with van der Waals surface area (Å²) < 4.78 is 1.94. The second-order valence-electron chi connectivity index (χ2n) is 7.89. The molecule has 6 nitrogen and oxygen atoms in total. The lowest BCUT2D eigenvalue weighted by atomic mass is 10.2. The first-order chi connectivity index (χ1) is 14.0. The molecule has 1 fully saturated rings. The highest BCUT2D eigenvalue weighted by Crippen LogP contribution is 2.31. The van der Waals surface area contributed by atoms with Gasteiger partial charge in [-0.2, -0.15) is 5.10 Å². The highest BCUT2D eigenvalue weighted by atomic mass is 32.1. The Kier molecular flexibility index (Phi) is 5.99. The third-order valence-electron chi connectivity index (χ3n) is 5.67. The maximum Gasteiger partial charge on any atom is 0.263 e. The standard InChI is InChI=1S/C22H29N5OS/c1-17-19-16-20(29-22(19)27(23-17)18-8-5-4-6-9-18)21(28)25(3)10-7-11-26-14-12-24(2)13-15-26/h4-6,8-9,16H,7,10-15H2,1-3H3. The van der Waals surface area contributed by atoms with Crippen molar-refractivity contribution in [3.63, 3.8) is 0 Å². The summed E-state index contributed by atoms with van der Waals surface area (Å²) in [6.45, 7) is 8.35. The topological polar surface area (TPSA) is 44.6 Å². The zero-order chi connectivity index (χ0) is 20.4. The molecule has 0 N–H and O–H groups in total. The van der Waals surface area contributed by atoms with Crippen LogP contribution in [0.3, 0.4) is 0 Å². The van der Waals surface area contributed by atoms with Gasteiger partial charge in [-0.25, -0.2) is 4.68 Å². The molecule has 0 unspecified atom stereocenters. The van der Waals surface area contributed by atoms with E-state index in [-0.39, 0.29) is 5.91 Å². The Morgan fingerprint density at radius 2 is 1.90 bits per heavy atom. The molecule has 0 radical (unpaired) electrons. The molecule has 0 saturated carbocycles. The zero-order valence-corrected chi connectivity index (χ0v) is 18.3. The number of hydrogen-bond donors (Lipinski definition) is 0. The molecule has 1 aliphatic rings. The van der Waals surface area contributed by atoms with Gasteiger partial charge >= 0.3 is 0 Å². The van der Waals surface area contributed by atoms with Crippen LogP contribution in [0, 0.1) is 6.92 Å². The molecule has 0 spiro atoms. The van der Waals surface area contributed by atoms with E-state index < -0.39 is 0 Å². The normalized spacial score (nSPS) is 15.8. The summed E-state index contributed by atoms with van der Waals surface area (Å²) in [5.74, 6) is 0.101. The van der Waals surface area contributed by atoms with E-state index in [9.17, 15) is 4.79 Å². The SMILES string of the molecule is Cc1nn(-c2ccccc2)c2sc(C(=O)N(C)CCCN3CCN(C)CC3)cc12. The monoisotopic (exact) mass is 411 g/mol. The summed E-state index contributed by atoms with van der Waals surface area (Å²) in [5.41, 5.74) is 1.98. The Hall–Kier alpha value is -2.22. The van der Waals surface area contributed by atoms with Crippen molar-refractivity contribution in [2.24, 2.45) is 0 Å². The van der Waals surface area contributed by atoms with Gasteiger partial charge in [0.05, 0.1) is 16.3 Å². The van der Waals surface area contributed by atoms with E-state index in [1.807, 2.05) is 60.0 Å². The summed E-state index contributed by atoms with van der Waals surface area (Å²) in [7, 11) is 4.08. The van der Waals surface area contributed by atoms with Crippen molar-refractivity contribution in [3.8, 4) is 5.69 Å². The van der Waals surface area contributed by atoms with Crippen molar-refractivity contribution in [2.75, 3.05) is 53.4 Å². The number of para-hydroxylation sites is 1. The molecule has 7 heteroatoms. The van der Waals surface area contributed by atoms with Crippen LogP contribution < -0.4 is 0 Å². The summed E-state index contributed by atoms with van der Waals surface area (Å²) in [6, 6.07) is 12.1. The van der Waals surface area contributed by atoms with Crippen LogP contribution in [0.5, 0.6) is 0 Å². The largest absolute Gasteiger partial charge is 0.341 e. The van der Waals surface area contributed by atoms with Gasteiger partial charge in [-0.3, -0.25) is 4.79 Å². The van der Waals surface area contributed by atoms with Crippen molar-refractivity contribution < 1.29 is 4.79 Å². The predicted molar refractivity (Wildman–Crippen MR) is 119 cm³/mol. The minimum absolute atomic E-state index is 0.101. The third-order valence-corrected chi connectivity index (χ3v) is 6.77. The maximum atomic E-state index is 13.0. The molecule has 1 saturated heterocycles. The van der Waals surface area contributed by atoms with Gasteiger partial charge < -0.3 is 14.7 Å². The molecule has 2 aromatic heterocycles. The fourth-order valence-electron chi connectivity index (χ4n) is 3.79. The van der Waals surface area contributed by atoms with Gasteiger partial charge in [-0.1, -0.05) is 18.2 Å². The molecular formula is C22H29N5OS. The van der Waals surface area contributed by atoms with Gasteiger partial charge in [-0.15, -0.1) is 11.3 Å². The van der Waals surface area contributed by atoms with Crippen molar-refractivity contribution in [1.29, 1.82) is 0 Å². The van der Waals surface area contributed by atoms with Crippen LogP contribution in [0.25, 0.3) is 15.9 Å². The first-order valence-corrected chi connectivity index (χ1v) is 11.1. The molecule has 1 aromatic carbocycles.